The molecule has 6 heterocycles. The summed E-state index contributed by atoms with van der Waals surface area (Å²) in [4.78, 5) is 36.1. The number of piperidine rings is 1. The quantitative estimate of drug-likeness (QED) is 0.172. The zero-order chi connectivity index (χ0) is 33.2. The molecule has 2 fully saturated rings. The maximum atomic E-state index is 12.6. The Morgan fingerprint density at radius 2 is 1.72 bits per heavy atom. The van der Waals surface area contributed by atoms with E-state index < -0.39 is 13.7 Å². The van der Waals surface area contributed by atoms with Gasteiger partial charge in [-0.1, -0.05) is 19.6 Å². The molecule has 14 heteroatoms. The molecule has 1 amide bonds. The summed E-state index contributed by atoms with van der Waals surface area (Å²) in [7, 11) is -1.27. The number of aromatic nitrogens is 7. The van der Waals surface area contributed by atoms with Gasteiger partial charge < -0.3 is 24.0 Å². The Bertz CT molecular complexity index is 1670. The molecule has 6 rings (SSSR count). The molecule has 0 bridgehead atoms. The lowest BCUT2D eigenvalue weighted by Crippen LogP contribution is -2.41. The van der Waals surface area contributed by atoms with Gasteiger partial charge in [-0.3, -0.25) is 9.55 Å². The second-order valence-corrected chi connectivity index (χ2v) is 20.1. The normalized spacial score (nSPS) is 16.6. The fraction of sp³-hybridized carbons (Fsp3) is 0.576. The first-order valence-electron chi connectivity index (χ1n) is 16.6. The number of pyridine rings is 1. The third-order valence-corrected chi connectivity index (χ3v) is 10.1. The van der Waals surface area contributed by atoms with Crippen LogP contribution in [0.15, 0.2) is 36.8 Å². The van der Waals surface area contributed by atoms with Crippen molar-refractivity contribution in [3.8, 4) is 17.3 Å². The molecule has 47 heavy (non-hydrogen) atoms. The molecule has 2 saturated heterocycles. The Hall–Kier alpha value is -3.88. The first kappa shape index (κ1) is 33.0. The standard InChI is InChI=1S/C33H47N9O4Si/c1-33(2,3)46-32(43)40-14-9-24(10-15-40)26-11-16-42(38-26)31-36-29(39-17-19-44-20-18-39)27-30(37-31)41(23-45-21-22-47(4,5)6)28(35-27)25-7-12-34-13-8-25/h7-8,11-13,16,24H,9-10,14-15,17-23H2,1-6H3. The number of ether oxygens (including phenoxy) is 3. The smallest absolute Gasteiger partial charge is 0.410 e. The topological polar surface area (TPSA) is 126 Å². The predicted molar refractivity (Wildman–Crippen MR) is 183 cm³/mol. The number of anilines is 1. The zero-order valence-electron chi connectivity index (χ0n) is 28.5. The van der Waals surface area contributed by atoms with Gasteiger partial charge in [0.1, 0.15) is 18.2 Å². The van der Waals surface area contributed by atoms with E-state index in [4.69, 9.17) is 34.3 Å². The SMILES string of the molecule is CC(C)(C)OC(=O)N1CCC(c2ccn(-c3nc(N4CCOCC4)c4nc(-c5ccncc5)n(COCC[Si](C)(C)C)c4n3)n2)CC1. The summed E-state index contributed by atoms with van der Waals surface area (Å²) in [6.45, 7) is 17.6. The van der Waals surface area contributed by atoms with E-state index in [1.165, 1.54) is 0 Å². The molecule has 252 valence electrons. The number of hydrogen-bond acceptors (Lipinski definition) is 10. The summed E-state index contributed by atoms with van der Waals surface area (Å²) in [5.74, 6) is 2.21. The average Bonchev–Trinajstić information content (AvgIpc) is 3.68. The number of likely N-dealkylation sites (tertiary alicyclic amines) is 1. The van der Waals surface area contributed by atoms with Crippen molar-refractivity contribution < 1.29 is 19.0 Å². The monoisotopic (exact) mass is 661 g/mol. The van der Waals surface area contributed by atoms with Gasteiger partial charge in [-0.25, -0.2) is 14.5 Å². The van der Waals surface area contributed by atoms with Crippen LogP contribution in [-0.4, -0.2) is 105 Å². The Morgan fingerprint density at radius 1 is 1.00 bits per heavy atom. The Morgan fingerprint density at radius 3 is 2.40 bits per heavy atom. The lowest BCUT2D eigenvalue weighted by Gasteiger charge is -2.32. The molecule has 0 aromatic carbocycles. The van der Waals surface area contributed by atoms with Crippen LogP contribution in [-0.2, 0) is 20.9 Å². The molecule has 0 N–H and O–H groups in total. The van der Waals surface area contributed by atoms with Crippen LogP contribution >= 0.6 is 0 Å². The molecule has 13 nitrogen and oxygen atoms in total. The minimum atomic E-state index is -1.27. The molecule has 4 aromatic rings. The predicted octanol–water partition coefficient (Wildman–Crippen LogP) is 5.34. The van der Waals surface area contributed by atoms with Crippen LogP contribution in [0.25, 0.3) is 28.5 Å². The number of hydrogen-bond donors (Lipinski definition) is 0. The van der Waals surface area contributed by atoms with Crippen LogP contribution in [0.5, 0.6) is 0 Å². The summed E-state index contributed by atoms with van der Waals surface area (Å²) >= 11 is 0. The van der Waals surface area contributed by atoms with E-state index in [1.54, 1.807) is 22.0 Å². The van der Waals surface area contributed by atoms with E-state index in [-0.39, 0.29) is 12.0 Å². The van der Waals surface area contributed by atoms with Gasteiger partial charge in [0.25, 0.3) is 5.95 Å². The average molecular weight is 662 g/mol. The van der Waals surface area contributed by atoms with Crippen molar-refractivity contribution in [2.75, 3.05) is 50.9 Å². The van der Waals surface area contributed by atoms with Crippen LogP contribution in [0.3, 0.4) is 0 Å². The molecule has 0 saturated carbocycles. The lowest BCUT2D eigenvalue weighted by molar-refractivity contribution is 0.0204. The fourth-order valence-corrected chi connectivity index (χ4v) is 6.56. The van der Waals surface area contributed by atoms with E-state index in [0.29, 0.717) is 64.3 Å². The van der Waals surface area contributed by atoms with E-state index in [2.05, 4.69) is 29.5 Å². The third kappa shape index (κ3) is 7.99. The molecule has 0 spiro atoms. The fourth-order valence-electron chi connectivity index (χ4n) is 5.80. The second kappa shape index (κ2) is 13.7. The van der Waals surface area contributed by atoms with Gasteiger partial charge >= 0.3 is 6.09 Å². The van der Waals surface area contributed by atoms with Crippen LogP contribution in [0, 0.1) is 0 Å². The van der Waals surface area contributed by atoms with Crippen molar-refractivity contribution in [1.82, 2.24) is 39.2 Å². The summed E-state index contributed by atoms with van der Waals surface area (Å²) in [6, 6.07) is 7.01. The maximum Gasteiger partial charge on any atom is 0.410 e. The number of imidazole rings is 1. The first-order valence-corrected chi connectivity index (χ1v) is 20.3. The Kier molecular flexibility index (Phi) is 9.62. The highest BCUT2D eigenvalue weighted by molar-refractivity contribution is 6.76. The van der Waals surface area contributed by atoms with Gasteiger partial charge in [0.05, 0.1) is 18.9 Å². The van der Waals surface area contributed by atoms with Crippen molar-refractivity contribution in [1.29, 1.82) is 0 Å². The highest BCUT2D eigenvalue weighted by atomic mass is 28.3. The van der Waals surface area contributed by atoms with Crippen molar-refractivity contribution in [2.24, 2.45) is 0 Å². The maximum absolute atomic E-state index is 12.6. The summed E-state index contributed by atoms with van der Waals surface area (Å²) < 4.78 is 21.3. The Balaban J connectivity index is 1.33. The number of rotatable bonds is 9. The minimum Gasteiger partial charge on any atom is -0.444 e. The summed E-state index contributed by atoms with van der Waals surface area (Å²) in [5.41, 5.74) is 2.80. The molecule has 2 aliphatic rings. The molecular weight excluding hydrogens is 615 g/mol. The van der Waals surface area contributed by atoms with Gasteiger partial charge in [-0.2, -0.15) is 15.1 Å². The third-order valence-electron chi connectivity index (χ3n) is 8.41. The van der Waals surface area contributed by atoms with Gasteiger partial charge in [-0.05, 0) is 57.9 Å². The van der Waals surface area contributed by atoms with Gasteiger partial charge in [0, 0.05) is 70.9 Å². The molecule has 0 aliphatic carbocycles. The van der Waals surface area contributed by atoms with Crippen molar-refractivity contribution in [3.05, 3.63) is 42.5 Å². The number of carbonyl (C=O) groups is 1. The molecule has 0 atom stereocenters. The Labute approximate surface area is 277 Å². The first-order chi connectivity index (χ1) is 22.4. The van der Waals surface area contributed by atoms with E-state index in [0.717, 1.165) is 47.3 Å². The molecule has 2 aliphatic heterocycles. The number of morpholine rings is 1. The van der Waals surface area contributed by atoms with Crippen LogP contribution in [0.2, 0.25) is 25.7 Å². The highest BCUT2D eigenvalue weighted by Crippen LogP contribution is 2.32. The highest BCUT2D eigenvalue weighted by Gasteiger charge is 2.29. The van der Waals surface area contributed by atoms with Crippen molar-refractivity contribution >= 4 is 31.1 Å². The van der Waals surface area contributed by atoms with E-state index in [9.17, 15) is 4.79 Å². The zero-order valence-corrected chi connectivity index (χ0v) is 29.5. The molecule has 0 radical (unpaired) electrons. The van der Waals surface area contributed by atoms with Gasteiger partial charge in [-0.15, -0.1) is 0 Å². The molecule has 0 unspecified atom stereocenters. The largest absolute Gasteiger partial charge is 0.444 e. The number of nitrogens with zero attached hydrogens (tertiary/aromatic N) is 9. The second-order valence-electron chi connectivity index (χ2n) is 14.5. The molecular formula is C33H47N9O4Si. The van der Waals surface area contributed by atoms with Crippen molar-refractivity contribution in [3.63, 3.8) is 0 Å². The van der Waals surface area contributed by atoms with Crippen LogP contribution in [0.1, 0.15) is 45.2 Å². The number of amides is 1. The summed E-state index contributed by atoms with van der Waals surface area (Å²) in [6.07, 6.45) is 6.83. The summed E-state index contributed by atoms with van der Waals surface area (Å²) in [5, 5.41) is 4.97. The van der Waals surface area contributed by atoms with Crippen LogP contribution in [0.4, 0.5) is 10.6 Å². The lowest BCUT2D eigenvalue weighted by atomic mass is 9.94. The molecule has 4 aromatic heterocycles. The minimum absolute atomic E-state index is 0.223. The number of fused-ring (bicyclic) bond motifs is 1. The van der Waals surface area contributed by atoms with Gasteiger partial charge in [0.15, 0.2) is 17.0 Å². The van der Waals surface area contributed by atoms with Gasteiger partial charge in [0.2, 0.25) is 0 Å². The van der Waals surface area contributed by atoms with E-state index >= 15 is 0 Å². The van der Waals surface area contributed by atoms with Crippen LogP contribution < -0.4 is 4.90 Å². The number of carbonyl (C=O) groups excluding carboxylic acids is 1. The van der Waals surface area contributed by atoms with Crippen molar-refractivity contribution in [2.45, 2.75) is 77.5 Å². The van der Waals surface area contributed by atoms with E-state index in [1.807, 2.05) is 49.7 Å².